The van der Waals surface area contributed by atoms with Crippen LogP contribution in [0.25, 0.3) is 0 Å². The van der Waals surface area contributed by atoms with Gasteiger partial charge in [0.05, 0.1) is 44.3 Å². The van der Waals surface area contributed by atoms with E-state index in [4.69, 9.17) is 9.15 Å². The quantitative estimate of drug-likeness (QED) is 0.340. The molecule has 0 saturated heterocycles. The third kappa shape index (κ3) is 6.05. The van der Waals surface area contributed by atoms with Crippen molar-refractivity contribution in [1.29, 1.82) is 0 Å². The number of furan rings is 1. The third-order valence-corrected chi connectivity index (χ3v) is 6.01. The van der Waals surface area contributed by atoms with Crippen LogP contribution in [0, 0.1) is 0 Å². The van der Waals surface area contributed by atoms with Crippen molar-refractivity contribution in [1.82, 2.24) is 5.32 Å². The number of hydrogen-bond donors (Lipinski definition) is 2. The van der Waals surface area contributed by atoms with Crippen LogP contribution >= 0.6 is 11.3 Å². The van der Waals surface area contributed by atoms with E-state index in [0.717, 1.165) is 16.3 Å². The molecule has 174 valence electrons. The summed E-state index contributed by atoms with van der Waals surface area (Å²) in [6.07, 6.45) is 1.56. The number of anilines is 2. The minimum Gasteiger partial charge on any atom is -0.497 e. The lowest BCUT2D eigenvalue weighted by atomic mass is 10.1. The van der Waals surface area contributed by atoms with Gasteiger partial charge < -0.3 is 24.7 Å². The maximum Gasteiger partial charge on any atom is 0.253 e. The molecule has 2 heterocycles. The number of benzene rings is 2. The maximum absolute atomic E-state index is 13.0. The monoisotopic (exact) mass is 475 g/mol. The molecule has 4 rings (SSSR count). The molecule has 0 fully saturated rings. The molecule has 2 N–H and O–H groups in total. The van der Waals surface area contributed by atoms with Crippen molar-refractivity contribution in [3.63, 3.8) is 0 Å². The number of thiophene rings is 1. The van der Waals surface area contributed by atoms with E-state index in [1.165, 1.54) is 0 Å². The first kappa shape index (κ1) is 23.1. The summed E-state index contributed by atoms with van der Waals surface area (Å²) in [6, 6.07) is 22.1. The van der Waals surface area contributed by atoms with E-state index in [1.807, 2.05) is 46.7 Å². The Morgan fingerprint density at radius 3 is 2.53 bits per heavy atom. The lowest BCUT2D eigenvalue weighted by Gasteiger charge is -2.24. The first-order chi connectivity index (χ1) is 16.6. The molecule has 0 radical (unpaired) electrons. The fourth-order valence-electron chi connectivity index (χ4n) is 3.45. The number of para-hydroxylation sites is 1. The van der Waals surface area contributed by atoms with Gasteiger partial charge in [-0.25, -0.2) is 0 Å². The van der Waals surface area contributed by atoms with Gasteiger partial charge in [-0.1, -0.05) is 18.2 Å². The van der Waals surface area contributed by atoms with Crippen LogP contribution in [0.4, 0.5) is 11.4 Å². The van der Waals surface area contributed by atoms with E-state index in [1.54, 1.807) is 61.1 Å². The lowest BCUT2D eigenvalue weighted by molar-refractivity contribution is -0.115. The predicted octanol–water partition coefficient (Wildman–Crippen LogP) is 4.93. The highest BCUT2D eigenvalue weighted by atomic mass is 32.1. The van der Waals surface area contributed by atoms with Gasteiger partial charge in [0.2, 0.25) is 5.91 Å². The van der Waals surface area contributed by atoms with E-state index < -0.39 is 0 Å². The Bertz CT molecular complexity index is 1210. The standard InChI is InChI=1S/C26H25N3O4S/c1-32-20-12-10-19(11-13-20)29(17-22-7-5-15-34-22)18-25(30)28-24-9-3-2-8-23(24)26(31)27-16-21-6-4-14-33-21/h2-15H,16-18H2,1H3,(H,27,31)(H,28,30). The molecule has 0 saturated carbocycles. The summed E-state index contributed by atoms with van der Waals surface area (Å²) >= 11 is 1.64. The minimum atomic E-state index is -0.294. The smallest absolute Gasteiger partial charge is 0.253 e. The van der Waals surface area contributed by atoms with Gasteiger partial charge in [-0.05, 0) is 60.0 Å². The Kier molecular flexibility index (Phi) is 7.62. The van der Waals surface area contributed by atoms with Crippen LogP contribution in [-0.2, 0) is 17.9 Å². The van der Waals surface area contributed by atoms with E-state index >= 15 is 0 Å². The zero-order valence-corrected chi connectivity index (χ0v) is 19.5. The second-order valence-electron chi connectivity index (χ2n) is 7.49. The highest BCUT2D eigenvalue weighted by Crippen LogP contribution is 2.23. The molecule has 0 aliphatic heterocycles. The zero-order chi connectivity index (χ0) is 23.8. The van der Waals surface area contributed by atoms with Crippen LogP contribution < -0.4 is 20.3 Å². The first-order valence-electron chi connectivity index (χ1n) is 10.7. The molecule has 0 aliphatic carbocycles. The molecule has 0 unspecified atom stereocenters. The number of carbonyl (C=O) groups is 2. The van der Waals surface area contributed by atoms with E-state index in [2.05, 4.69) is 10.6 Å². The fraction of sp³-hybridized carbons (Fsp3) is 0.154. The summed E-state index contributed by atoms with van der Waals surface area (Å²) in [5, 5.41) is 7.73. The van der Waals surface area contributed by atoms with Crippen molar-refractivity contribution in [3.8, 4) is 5.75 Å². The Balaban J connectivity index is 1.46. The molecule has 2 aromatic carbocycles. The molecule has 7 nitrogen and oxygen atoms in total. The average Bonchev–Trinajstić information content (AvgIpc) is 3.57. The largest absolute Gasteiger partial charge is 0.497 e. The number of methoxy groups -OCH3 is 1. The zero-order valence-electron chi connectivity index (χ0n) is 18.7. The molecule has 2 amide bonds. The van der Waals surface area contributed by atoms with Gasteiger partial charge in [-0.2, -0.15) is 0 Å². The van der Waals surface area contributed by atoms with Crippen LogP contribution in [0.2, 0.25) is 0 Å². The molecular formula is C26H25N3O4S. The molecule has 0 spiro atoms. The fourth-order valence-corrected chi connectivity index (χ4v) is 4.17. The van der Waals surface area contributed by atoms with Crippen LogP contribution in [-0.4, -0.2) is 25.5 Å². The molecule has 2 aromatic heterocycles. The predicted molar refractivity (Wildman–Crippen MR) is 133 cm³/mol. The highest BCUT2D eigenvalue weighted by molar-refractivity contribution is 7.09. The van der Waals surface area contributed by atoms with Gasteiger partial charge in [0.1, 0.15) is 11.5 Å². The van der Waals surface area contributed by atoms with E-state index in [0.29, 0.717) is 23.6 Å². The molecule has 34 heavy (non-hydrogen) atoms. The first-order valence-corrected chi connectivity index (χ1v) is 11.6. The Morgan fingerprint density at radius 1 is 1.00 bits per heavy atom. The number of amides is 2. The topological polar surface area (TPSA) is 83.8 Å². The van der Waals surface area contributed by atoms with Crippen molar-refractivity contribution < 1.29 is 18.7 Å². The molecular weight excluding hydrogens is 450 g/mol. The highest BCUT2D eigenvalue weighted by Gasteiger charge is 2.17. The second-order valence-corrected chi connectivity index (χ2v) is 8.52. The normalized spacial score (nSPS) is 10.5. The van der Waals surface area contributed by atoms with E-state index in [9.17, 15) is 9.59 Å². The Morgan fingerprint density at radius 2 is 1.82 bits per heavy atom. The molecule has 0 bridgehead atoms. The van der Waals surface area contributed by atoms with Crippen LogP contribution in [0.3, 0.4) is 0 Å². The molecule has 0 aliphatic rings. The van der Waals surface area contributed by atoms with Crippen molar-refractivity contribution >= 4 is 34.5 Å². The van der Waals surface area contributed by atoms with Crippen molar-refractivity contribution in [2.45, 2.75) is 13.1 Å². The number of carbonyl (C=O) groups excluding carboxylic acids is 2. The minimum absolute atomic E-state index is 0.118. The lowest BCUT2D eigenvalue weighted by Crippen LogP contribution is -2.33. The Hall–Kier alpha value is -4.04. The summed E-state index contributed by atoms with van der Waals surface area (Å²) in [4.78, 5) is 28.9. The van der Waals surface area contributed by atoms with Gasteiger partial charge in [-0.3, -0.25) is 9.59 Å². The van der Waals surface area contributed by atoms with Gasteiger partial charge >= 0.3 is 0 Å². The number of rotatable bonds is 10. The summed E-state index contributed by atoms with van der Waals surface area (Å²) in [5.74, 6) is 0.883. The van der Waals surface area contributed by atoms with Gasteiger partial charge in [0, 0.05) is 10.6 Å². The van der Waals surface area contributed by atoms with Crippen LogP contribution in [0.5, 0.6) is 5.75 Å². The van der Waals surface area contributed by atoms with Gasteiger partial charge in [0.25, 0.3) is 5.91 Å². The van der Waals surface area contributed by atoms with Crippen molar-refractivity contribution in [2.75, 3.05) is 23.9 Å². The van der Waals surface area contributed by atoms with Crippen LogP contribution in [0.1, 0.15) is 21.0 Å². The molecule has 8 heteroatoms. The number of hydrogen-bond acceptors (Lipinski definition) is 6. The van der Waals surface area contributed by atoms with Crippen molar-refractivity contribution in [3.05, 3.63) is 101 Å². The Labute approximate surface area is 202 Å². The van der Waals surface area contributed by atoms with E-state index in [-0.39, 0.29) is 24.9 Å². The number of nitrogens with zero attached hydrogens (tertiary/aromatic N) is 1. The van der Waals surface area contributed by atoms with Crippen LogP contribution in [0.15, 0.2) is 88.9 Å². The van der Waals surface area contributed by atoms with Gasteiger partial charge in [0.15, 0.2) is 0 Å². The summed E-state index contributed by atoms with van der Waals surface area (Å²) < 4.78 is 10.5. The number of ether oxygens (including phenoxy) is 1. The molecule has 4 aromatic rings. The summed E-state index contributed by atoms with van der Waals surface area (Å²) in [6.45, 7) is 0.968. The van der Waals surface area contributed by atoms with Crippen molar-refractivity contribution in [2.24, 2.45) is 0 Å². The second kappa shape index (κ2) is 11.2. The average molecular weight is 476 g/mol. The number of nitrogens with one attached hydrogen (secondary N) is 2. The third-order valence-electron chi connectivity index (χ3n) is 5.15. The maximum atomic E-state index is 13.0. The van der Waals surface area contributed by atoms with Gasteiger partial charge in [-0.15, -0.1) is 11.3 Å². The SMILES string of the molecule is COc1ccc(N(CC(=O)Nc2ccccc2C(=O)NCc2ccco2)Cc2cccs2)cc1. The molecule has 0 atom stereocenters. The summed E-state index contributed by atoms with van der Waals surface area (Å²) in [7, 11) is 1.62. The summed E-state index contributed by atoms with van der Waals surface area (Å²) in [5.41, 5.74) is 1.74.